The van der Waals surface area contributed by atoms with Crippen LogP contribution in [0.5, 0.6) is 0 Å². The molecular weight excluding hydrogens is 264 g/mol. The van der Waals surface area contributed by atoms with Crippen LogP contribution in [0.25, 0.3) is 11.0 Å². The number of aryl methyl sites for hydroxylation is 1. The van der Waals surface area contributed by atoms with Gasteiger partial charge < -0.3 is 5.32 Å². The molecular formula is C15H16N6. The first-order chi connectivity index (χ1) is 10.4. The molecule has 2 N–H and O–H groups in total. The lowest BCUT2D eigenvalue weighted by Gasteiger charge is -2.24. The number of nitrogens with zero attached hydrogens (tertiary/aromatic N) is 4. The Labute approximate surface area is 122 Å². The molecule has 0 spiro atoms. The lowest BCUT2D eigenvalue weighted by Crippen LogP contribution is -2.15. The molecule has 0 radical (unpaired) electrons. The van der Waals surface area contributed by atoms with Gasteiger partial charge in [-0.3, -0.25) is 10.1 Å². The third kappa shape index (κ3) is 1.94. The number of aromatic nitrogens is 5. The van der Waals surface area contributed by atoms with Crippen molar-refractivity contribution in [1.82, 2.24) is 25.1 Å². The number of rotatable bonds is 2. The van der Waals surface area contributed by atoms with Gasteiger partial charge in [-0.15, -0.1) is 0 Å². The van der Waals surface area contributed by atoms with Crippen LogP contribution in [0.4, 0.5) is 5.95 Å². The number of anilines is 1. The van der Waals surface area contributed by atoms with Gasteiger partial charge in [0, 0.05) is 19.2 Å². The van der Waals surface area contributed by atoms with Crippen LogP contribution in [0, 0.1) is 0 Å². The fourth-order valence-electron chi connectivity index (χ4n) is 3.11. The van der Waals surface area contributed by atoms with Crippen LogP contribution in [0.1, 0.15) is 35.7 Å². The molecule has 0 aromatic carbocycles. The van der Waals surface area contributed by atoms with Crippen LogP contribution in [0.2, 0.25) is 0 Å². The average Bonchev–Trinajstić information content (AvgIpc) is 3.02. The normalized spacial score (nSPS) is 17.7. The summed E-state index contributed by atoms with van der Waals surface area (Å²) in [7, 11) is 1.83. The Hall–Kier alpha value is -2.50. The topological polar surface area (TPSA) is 79.4 Å². The van der Waals surface area contributed by atoms with Crippen molar-refractivity contribution in [2.45, 2.75) is 25.2 Å². The van der Waals surface area contributed by atoms with Crippen LogP contribution in [-0.4, -0.2) is 32.2 Å². The Balaban J connectivity index is 1.93. The quantitative estimate of drug-likeness (QED) is 0.752. The maximum atomic E-state index is 4.69. The van der Waals surface area contributed by atoms with Crippen LogP contribution >= 0.6 is 0 Å². The Bertz CT molecular complexity index is 794. The maximum Gasteiger partial charge on any atom is 0.224 e. The zero-order chi connectivity index (χ0) is 14.2. The second-order valence-corrected chi connectivity index (χ2v) is 5.31. The summed E-state index contributed by atoms with van der Waals surface area (Å²) < 4.78 is 0. The van der Waals surface area contributed by atoms with Gasteiger partial charge in [0.25, 0.3) is 0 Å². The minimum absolute atomic E-state index is 0.213. The zero-order valence-corrected chi connectivity index (χ0v) is 11.8. The van der Waals surface area contributed by atoms with Gasteiger partial charge in [-0.2, -0.15) is 10.1 Å². The molecule has 106 valence electrons. The van der Waals surface area contributed by atoms with Gasteiger partial charge in [0.1, 0.15) is 0 Å². The molecule has 0 saturated carbocycles. The molecule has 0 fully saturated rings. The molecule has 0 aliphatic heterocycles. The lowest BCUT2D eigenvalue weighted by molar-refractivity contribution is 0.591. The van der Waals surface area contributed by atoms with Gasteiger partial charge in [-0.1, -0.05) is 6.07 Å². The van der Waals surface area contributed by atoms with E-state index in [4.69, 9.17) is 4.98 Å². The van der Waals surface area contributed by atoms with E-state index in [2.05, 4.69) is 31.5 Å². The highest BCUT2D eigenvalue weighted by molar-refractivity contribution is 5.79. The highest BCUT2D eigenvalue weighted by Crippen LogP contribution is 2.37. The molecule has 21 heavy (non-hydrogen) atoms. The number of hydrogen-bond acceptors (Lipinski definition) is 5. The molecule has 6 heteroatoms. The smallest absolute Gasteiger partial charge is 0.224 e. The average molecular weight is 280 g/mol. The minimum Gasteiger partial charge on any atom is -0.357 e. The van der Waals surface area contributed by atoms with Gasteiger partial charge >= 0.3 is 0 Å². The van der Waals surface area contributed by atoms with Crippen molar-refractivity contribution in [2.75, 3.05) is 12.4 Å². The number of fused-ring (bicyclic) bond motifs is 2. The summed E-state index contributed by atoms with van der Waals surface area (Å²) in [5.74, 6) is 0.829. The molecule has 3 heterocycles. The summed E-state index contributed by atoms with van der Waals surface area (Å²) in [5, 5.41) is 11.1. The Morgan fingerprint density at radius 3 is 3.14 bits per heavy atom. The maximum absolute atomic E-state index is 4.69. The second kappa shape index (κ2) is 4.80. The van der Waals surface area contributed by atoms with Gasteiger partial charge in [-0.25, -0.2) is 4.98 Å². The van der Waals surface area contributed by atoms with Gasteiger partial charge in [0.2, 0.25) is 5.95 Å². The molecule has 0 amide bonds. The molecule has 4 rings (SSSR count). The fourth-order valence-corrected chi connectivity index (χ4v) is 3.11. The Morgan fingerprint density at radius 2 is 2.24 bits per heavy atom. The van der Waals surface area contributed by atoms with E-state index < -0.39 is 0 Å². The molecule has 1 unspecified atom stereocenters. The van der Waals surface area contributed by atoms with E-state index in [1.807, 2.05) is 19.3 Å². The summed E-state index contributed by atoms with van der Waals surface area (Å²) in [5.41, 5.74) is 4.26. The molecule has 3 aromatic rings. The molecule has 1 aliphatic carbocycles. The highest BCUT2D eigenvalue weighted by Gasteiger charge is 2.26. The zero-order valence-electron chi connectivity index (χ0n) is 11.8. The fraction of sp³-hybridized carbons (Fsp3) is 0.333. The van der Waals surface area contributed by atoms with Crippen molar-refractivity contribution in [3.8, 4) is 0 Å². The van der Waals surface area contributed by atoms with E-state index in [0.29, 0.717) is 5.95 Å². The summed E-state index contributed by atoms with van der Waals surface area (Å²) in [6.45, 7) is 0. The first kappa shape index (κ1) is 12.3. The SMILES string of the molecule is CNc1nc(C2CCCc3cccnc32)c2cn[nH]c2n1. The third-order valence-corrected chi connectivity index (χ3v) is 4.09. The standard InChI is InChI=1S/C15H16N6/c1-16-15-19-13(11-8-18-21-14(11)20-15)10-6-2-4-9-5-3-7-17-12(9)10/h3,5,7-8,10H,2,4,6H2,1H3,(H2,16,18,19,20,21). The number of H-pyrrole nitrogens is 1. The summed E-state index contributed by atoms with van der Waals surface area (Å²) >= 11 is 0. The van der Waals surface area contributed by atoms with Gasteiger partial charge in [0.05, 0.1) is 23.0 Å². The molecule has 1 aliphatic rings. The number of aromatic amines is 1. The van der Waals surface area contributed by atoms with E-state index in [-0.39, 0.29) is 5.92 Å². The first-order valence-corrected chi connectivity index (χ1v) is 7.19. The molecule has 6 nitrogen and oxygen atoms in total. The highest BCUT2D eigenvalue weighted by atomic mass is 15.2. The lowest BCUT2D eigenvalue weighted by atomic mass is 9.84. The summed E-state index contributed by atoms with van der Waals surface area (Å²) in [4.78, 5) is 13.7. The van der Waals surface area contributed by atoms with E-state index >= 15 is 0 Å². The van der Waals surface area contributed by atoms with Crippen molar-refractivity contribution in [3.05, 3.63) is 41.5 Å². The summed E-state index contributed by atoms with van der Waals surface area (Å²) in [6, 6.07) is 4.18. The monoisotopic (exact) mass is 280 g/mol. The van der Waals surface area contributed by atoms with E-state index in [1.165, 1.54) is 5.56 Å². The van der Waals surface area contributed by atoms with E-state index in [9.17, 15) is 0 Å². The summed E-state index contributed by atoms with van der Waals surface area (Å²) in [6.07, 6.45) is 6.98. The van der Waals surface area contributed by atoms with Gasteiger partial charge in [-0.05, 0) is 30.9 Å². The van der Waals surface area contributed by atoms with Crippen molar-refractivity contribution in [1.29, 1.82) is 0 Å². The predicted octanol–water partition coefficient (Wildman–Crippen LogP) is 2.26. The second-order valence-electron chi connectivity index (χ2n) is 5.31. The van der Waals surface area contributed by atoms with Crippen molar-refractivity contribution in [3.63, 3.8) is 0 Å². The minimum atomic E-state index is 0.213. The molecule has 0 bridgehead atoms. The largest absolute Gasteiger partial charge is 0.357 e. The molecule has 3 aromatic heterocycles. The van der Waals surface area contributed by atoms with Crippen LogP contribution in [-0.2, 0) is 6.42 Å². The predicted molar refractivity (Wildman–Crippen MR) is 80.2 cm³/mol. The van der Waals surface area contributed by atoms with Gasteiger partial charge in [0.15, 0.2) is 5.65 Å². The Kier molecular flexibility index (Phi) is 2.80. The van der Waals surface area contributed by atoms with E-state index in [0.717, 1.165) is 41.7 Å². The van der Waals surface area contributed by atoms with Crippen LogP contribution < -0.4 is 5.32 Å². The molecule has 1 atom stereocenters. The van der Waals surface area contributed by atoms with Crippen molar-refractivity contribution in [2.24, 2.45) is 0 Å². The number of pyridine rings is 1. The van der Waals surface area contributed by atoms with Crippen LogP contribution in [0.3, 0.4) is 0 Å². The van der Waals surface area contributed by atoms with Crippen molar-refractivity contribution < 1.29 is 0 Å². The first-order valence-electron chi connectivity index (χ1n) is 7.19. The Morgan fingerprint density at radius 1 is 1.29 bits per heavy atom. The molecule has 0 saturated heterocycles. The number of hydrogen-bond donors (Lipinski definition) is 2. The van der Waals surface area contributed by atoms with E-state index in [1.54, 1.807) is 6.20 Å². The van der Waals surface area contributed by atoms with Crippen LogP contribution in [0.15, 0.2) is 24.5 Å². The third-order valence-electron chi connectivity index (χ3n) is 4.09. The van der Waals surface area contributed by atoms with Crippen molar-refractivity contribution >= 4 is 17.0 Å². The number of nitrogens with one attached hydrogen (secondary N) is 2.